The number of aliphatic hydroxyl groups is 1. The van der Waals surface area contributed by atoms with Gasteiger partial charge in [-0.2, -0.15) is 11.8 Å². The van der Waals surface area contributed by atoms with E-state index in [0.29, 0.717) is 18.2 Å². The van der Waals surface area contributed by atoms with Gasteiger partial charge in [-0.05, 0) is 23.8 Å². The molecule has 0 saturated heterocycles. The number of rotatable bonds is 7. The molecule has 18 heavy (non-hydrogen) atoms. The number of hydrogen-bond acceptors (Lipinski definition) is 3. The highest BCUT2D eigenvalue weighted by Gasteiger charge is 2.06. The van der Waals surface area contributed by atoms with Gasteiger partial charge in [-0.1, -0.05) is 31.2 Å². The Morgan fingerprint density at radius 1 is 1.33 bits per heavy atom. The quantitative estimate of drug-likeness (QED) is 0.794. The summed E-state index contributed by atoms with van der Waals surface area (Å²) in [6.07, 6.45) is 3.41. The molecule has 1 aromatic carbocycles. The smallest absolute Gasteiger partial charge is 0.221 e. The van der Waals surface area contributed by atoms with E-state index in [0.717, 1.165) is 12.0 Å². The van der Waals surface area contributed by atoms with Gasteiger partial charge in [0.15, 0.2) is 0 Å². The molecule has 0 aromatic heterocycles. The predicted octanol–water partition coefficient (Wildman–Crippen LogP) is 1.98. The van der Waals surface area contributed by atoms with Crippen LogP contribution in [0.25, 0.3) is 0 Å². The van der Waals surface area contributed by atoms with Crippen LogP contribution in [0, 0.1) is 0 Å². The first-order valence-corrected chi connectivity index (χ1v) is 7.42. The third-order valence-corrected chi connectivity index (χ3v) is 3.79. The van der Waals surface area contributed by atoms with E-state index >= 15 is 0 Å². The maximum absolute atomic E-state index is 11.5. The Labute approximate surface area is 113 Å². The minimum absolute atomic E-state index is 0.0730. The molecule has 2 N–H and O–H groups in total. The van der Waals surface area contributed by atoms with Crippen molar-refractivity contribution in [1.29, 1.82) is 0 Å². The lowest BCUT2D eigenvalue weighted by atomic mass is 10.1. The fourth-order valence-corrected chi connectivity index (χ4v) is 1.89. The number of aliphatic hydroxyl groups excluding tert-OH is 1. The topological polar surface area (TPSA) is 49.3 Å². The standard InChI is InChI=1S/C14H21NO2S/c1-11(18-2)9-14(17)15-8-7-12-3-5-13(10-16)6-4-12/h3-6,11,16H,7-10H2,1-2H3,(H,15,17). The van der Waals surface area contributed by atoms with Gasteiger partial charge in [-0.3, -0.25) is 4.79 Å². The van der Waals surface area contributed by atoms with E-state index in [9.17, 15) is 4.79 Å². The molecule has 1 rings (SSSR count). The zero-order chi connectivity index (χ0) is 13.4. The molecule has 0 aliphatic carbocycles. The molecular weight excluding hydrogens is 246 g/mol. The van der Waals surface area contributed by atoms with Gasteiger partial charge in [-0.15, -0.1) is 0 Å². The van der Waals surface area contributed by atoms with Crippen molar-refractivity contribution in [3.05, 3.63) is 35.4 Å². The molecule has 0 bridgehead atoms. The summed E-state index contributed by atoms with van der Waals surface area (Å²) in [5.74, 6) is 0.115. The number of carbonyl (C=O) groups is 1. The average Bonchev–Trinajstić information content (AvgIpc) is 2.39. The van der Waals surface area contributed by atoms with Gasteiger partial charge in [0.25, 0.3) is 0 Å². The van der Waals surface area contributed by atoms with Gasteiger partial charge in [0.1, 0.15) is 0 Å². The van der Waals surface area contributed by atoms with Crippen LogP contribution in [-0.4, -0.2) is 29.1 Å². The maximum atomic E-state index is 11.5. The molecular formula is C14H21NO2S. The van der Waals surface area contributed by atoms with Crippen LogP contribution < -0.4 is 5.32 Å². The van der Waals surface area contributed by atoms with E-state index in [2.05, 4.69) is 12.2 Å². The summed E-state index contributed by atoms with van der Waals surface area (Å²) in [4.78, 5) is 11.5. The molecule has 0 heterocycles. The number of hydrogen-bond donors (Lipinski definition) is 2. The van der Waals surface area contributed by atoms with Crippen molar-refractivity contribution in [2.45, 2.75) is 31.6 Å². The van der Waals surface area contributed by atoms with Crippen LogP contribution in [0.1, 0.15) is 24.5 Å². The molecule has 0 saturated carbocycles. The minimum Gasteiger partial charge on any atom is -0.392 e. The number of nitrogens with one attached hydrogen (secondary N) is 1. The van der Waals surface area contributed by atoms with Crippen molar-refractivity contribution in [3.8, 4) is 0 Å². The first-order chi connectivity index (χ1) is 8.65. The molecule has 0 spiro atoms. The second-order valence-corrected chi connectivity index (χ2v) is 5.60. The monoisotopic (exact) mass is 267 g/mol. The third-order valence-electron chi connectivity index (χ3n) is 2.82. The van der Waals surface area contributed by atoms with Gasteiger partial charge in [0, 0.05) is 18.2 Å². The number of thioether (sulfide) groups is 1. The summed E-state index contributed by atoms with van der Waals surface area (Å²) < 4.78 is 0. The molecule has 0 radical (unpaired) electrons. The van der Waals surface area contributed by atoms with E-state index in [1.807, 2.05) is 30.5 Å². The highest BCUT2D eigenvalue weighted by atomic mass is 32.2. The molecule has 1 unspecified atom stereocenters. The van der Waals surface area contributed by atoms with E-state index in [-0.39, 0.29) is 12.5 Å². The lowest BCUT2D eigenvalue weighted by Gasteiger charge is -2.09. The van der Waals surface area contributed by atoms with E-state index < -0.39 is 0 Å². The first-order valence-electron chi connectivity index (χ1n) is 6.14. The van der Waals surface area contributed by atoms with Crippen molar-refractivity contribution in [2.75, 3.05) is 12.8 Å². The normalized spacial score (nSPS) is 12.2. The van der Waals surface area contributed by atoms with E-state index in [1.54, 1.807) is 11.8 Å². The maximum Gasteiger partial charge on any atom is 0.221 e. The molecule has 1 aromatic rings. The Morgan fingerprint density at radius 3 is 2.50 bits per heavy atom. The van der Waals surface area contributed by atoms with Crippen LogP contribution in [0.5, 0.6) is 0 Å². The van der Waals surface area contributed by atoms with Gasteiger partial charge < -0.3 is 10.4 Å². The molecule has 3 nitrogen and oxygen atoms in total. The largest absolute Gasteiger partial charge is 0.392 e. The summed E-state index contributed by atoms with van der Waals surface area (Å²) in [5, 5.41) is 12.2. The SMILES string of the molecule is CSC(C)CC(=O)NCCc1ccc(CO)cc1. The summed E-state index contributed by atoms with van der Waals surface area (Å²) in [5.41, 5.74) is 2.09. The fraction of sp³-hybridized carbons (Fsp3) is 0.500. The zero-order valence-electron chi connectivity index (χ0n) is 11.0. The second kappa shape index (κ2) is 8.16. The van der Waals surface area contributed by atoms with Crippen molar-refractivity contribution in [2.24, 2.45) is 0 Å². The second-order valence-electron chi connectivity index (χ2n) is 4.33. The summed E-state index contributed by atoms with van der Waals surface area (Å²) in [6, 6.07) is 7.80. The molecule has 100 valence electrons. The molecule has 0 aliphatic heterocycles. The lowest BCUT2D eigenvalue weighted by molar-refractivity contribution is -0.120. The Kier molecular flexibility index (Phi) is 6.83. The summed E-state index contributed by atoms with van der Waals surface area (Å²) in [7, 11) is 0. The van der Waals surface area contributed by atoms with Crippen LogP contribution in [0.2, 0.25) is 0 Å². The summed E-state index contributed by atoms with van der Waals surface area (Å²) in [6.45, 7) is 2.79. The zero-order valence-corrected chi connectivity index (χ0v) is 11.8. The summed E-state index contributed by atoms with van der Waals surface area (Å²) >= 11 is 1.70. The van der Waals surface area contributed by atoms with Gasteiger partial charge >= 0.3 is 0 Å². The van der Waals surface area contributed by atoms with Gasteiger partial charge in [-0.25, -0.2) is 0 Å². The highest BCUT2D eigenvalue weighted by molar-refractivity contribution is 7.99. The molecule has 1 amide bonds. The average molecular weight is 267 g/mol. The Morgan fingerprint density at radius 2 is 1.94 bits per heavy atom. The van der Waals surface area contributed by atoms with Crippen LogP contribution in [-0.2, 0) is 17.8 Å². The van der Waals surface area contributed by atoms with Crippen LogP contribution >= 0.6 is 11.8 Å². The molecule has 0 fully saturated rings. The number of carbonyl (C=O) groups excluding carboxylic acids is 1. The van der Waals surface area contributed by atoms with Gasteiger partial charge in [0.05, 0.1) is 6.61 Å². The Bertz CT molecular complexity index is 365. The van der Waals surface area contributed by atoms with Crippen molar-refractivity contribution < 1.29 is 9.90 Å². The van der Waals surface area contributed by atoms with Crippen LogP contribution in [0.3, 0.4) is 0 Å². The Balaban J connectivity index is 2.26. The van der Waals surface area contributed by atoms with Crippen molar-refractivity contribution in [3.63, 3.8) is 0 Å². The highest BCUT2D eigenvalue weighted by Crippen LogP contribution is 2.09. The predicted molar refractivity (Wildman–Crippen MR) is 76.7 cm³/mol. The molecule has 1 atom stereocenters. The first kappa shape index (κ1) is 15.1. The van der Waals surface area contributed by atoms with Crippen LogP contribution in [0.4, 0.5) is 0 Å². The van der Waals surface area contributed by atoms with Crippen molar-refractivity contribution >= 4 is 17.7 Å². The van der Waals surface area contributed by atoms with Gasteiger partial charge in [0.2, 0.25) is 5.91 Å². The third kappa shape index (κ3) is 5.56. The number of amides is 1. The molecule has 0 aliphatic rings. The van der Waals surface area contributed by atoms with E-state index in [4.69, 9.17) is 5.11 Å². The molecule has 4 heteroatoms. The van der Waals surface area contributed by atoms with Crippen LogP contribution in [0.15, 0.2) is 24.3 Å². The van der Waals surface area contributed by atoms with E-state index in [1.165, 1.54) is 5.56 Å². The minimum atomic E-state index is 0.0730. The number of benzene rings is 1. The Hall–Kier alpha value is -1.00. The fourth-order valence-electron chi connectivity index (χ4n) is 1.57. The van der Waals surface area contributed by atoms with Crippen molar-refractivity contribution in [1.82, 2.24) is 5.32 Å². The lowest BCUT2D eigenvalue weighted by Crippen LogP contribution is -2.27.